The molecule has 0 saturated carbocycles. The summed E-state index contributed by atoms with van der Waals surface area (Å²) in [7, 11) is 0. The molecule has 0 atom stereocenters. The average Bonchev–Trinajstić information content (AvgIpc) is 2.83. The van der Waals surface area contributed by atoms with E-state index in [9.17, 15) is 0 Å². The minimum absolute atomic E-state index is 0.359. The number of benzene rings is 1. The largest absolute Gasteiger partial charge is 0.299 e. The lowest BCUT2D eigenvalue weighted by atomic mass is 10.3. The first-order valence-electron chi connectivity index (χ1n) is 5.18. The predicted molar refractivity (Wildman–Crippen MR) is 63.6 cm³/mol. The van der Waals surface area contributed by atoms with Gasteiger partial charge >= 0.3 is 0 Å². The van der Waals surface area contributed by atoms with Gasteiger partial charge in [-0.25, -0.2) is 9.97 Å². The number of imidazole rings is 1. The first-order valence-corrected chi connectivity index (χ1v) is 5.18. The molecule has 4 heteroatoms. The SMILES string of the molecule is N#Cc1nccc2c1ncn2-c1ccccc1. The van der Waals surface area contributed by atoms with Crippen LogP contribution in [0.15, 0.2) is 48.9 Å². The average molecular weight is 220 g/mol. The zero-order valence-electron chi connectivity index (χ0n) is 8.91. The summed E-state index contributed by atoms with van der Waals surface area (Å²) in [5.74, 6) is 0. The van der Waals surface area contributed by atoms with Gasteiger partial charge < -0.3 is 0 Å². The van der Waals surface area contributed by atoms with Gasteiger partial charge in [-0.15, -0.1) is 0 Å². The van der Waals surface area contributed by atoms with Gasteiger partial charge in [-0.05, 0) is 18.2 Å². The molecule has 0 bridgehead atoms. The van der Waals surface area contributed by atoms with Crippen molar-refractivity contribution < 1.29 is 0 Å². The van der Waals surface area contributed by atoms with Crippen molar-refractivity contribution >= 4 is 11.0 Å². The molecule has 2 aromatic heterocycles. The Balaban J connectivity index is 2.31. The Hall–Kier alpha value is -2.67. The number of hydrogen-bond acceptors (Lipinski definition) is 3. The van der Waals surface area contributed by atoms with Gasteiger partial charge in [0, 0.05) is 11.9 Å². The van der Waals surface area contributed by atoms with Crippen molar-refractivity contribution in [3.05, 3.63) is 54.6 Å². The van der Waals surface area contributed by atoms with Crippen LogP contribution in [0, 0.1) is 11.3 Å². The van der Waals surface area contributed by atoms with E-state index in [0.717, 1.165) is 11.2 Å². The molecule has 0 saturated heterocycles. The Kier molecular flexibility index (Phi) is 2.09. The molecule has 1 aromatic carbocycles. The molecule has 0 unspecified atom stereocenters. The zero-order valence-corrected chi connectivity index (χ0v) is 8.91. The van der Waals surface area contributed by atoms with Crippen LogP contribution in [0.3, 0.4) is 0 Å². The summed E-state index contributed by atoms with van der Waals surface area (Å²) in [5, 5.41) is 8.95. The van der Waals surface area contributed by atoms with Gasteiger partial charge in [0.2, 0.25) is 0 Å². The van der Waals surface area contributed by atoms with Gasteiger partial charge in [0.05, 0.1) is 5.52 Å². The van der Waals surface area contributed by atoms with Gasteiger partial charge in [-0.3, -0.25) is 4.57 Å². The second-order valence-electron chi connectivity index (χ2n) is 3.59. The maximum atomic E-state index is 8.95. The van der Waals surface area contributed by atoms with Gasteiger partial charge in [0.25, 0.3) is 0 Å². The second kappa shape index (κ2) is 3.72. The fourth-order valence-electron chi connectivity index (χ4n) is 1.82. The number of nitrogens with zero attached hydrogens (tertiary/aromatic N) is 4. The monoisotopic (exact) mass is 220 g/mol. The fraction of sp³-hybridized carbons (Fsp3) is 0. The second-order valence-corrected chi connectivity index (χ2v) is 3.59. The van der Waals surface area contributed by atoms with E-state index in [1.54, 1.807) is 12.5 Å². The van der Waals surface area contributed by atoms with Crippen LogP contribution in [-0.4, -0.2) is 14.5 Å². The molecule has 4 nitrogen and oxygen atoms in total. The Bertz CT molecular complexity index is 707. The molecule has 3 rings (SSSR count). The summed E-state index contributed by atoms with van der Waals surface area (Å²) in [6, 6.07) is 13.8. The van der Waals surface area contributed by atoms with E-state index in [0.29, 0.717) is 11.2 Å². The van der Waals surface area contributed by atoms with Crippen LogP contribution in [0.1, 0.15) is 5.69 Å². The van der Waals surface area contributed by atoms with Crippen LogP contribution >= 0.6 is 0 Å². The van der Waals surface area contributed by atoms with E-state index in [2.05, 4.69) is 9.97 Å². The molecule has 0 N–H and O–H groups in total. The molecule has 0 aliphatic rings. The zero-order chi connectivity index (χ0) is 11.7. The minimum Gasteiger partial charge on any atom is -0.299 e. The van der Waals surface area contributed by atoms with Gasteiger partial charge in [-0.1, -0.05) is 18.2 Å². The molecular formula is C13H8N4. The summed E-state index contributed by atoms with van der Waals surface area (Å²) in [6.07, 6.45) is 3.34. The number of nitriles is 1. The maximum Gasteiger partial charge on any atom is 0.168 e. The molecule has 0 aliphatic carbocycles. The maximum absolute atomic E-state index is 8.95. The Labute approximate surface area is 97.8 Å². The van der Waals surface area contributed by atoms with E-state index < -0.39 is 0 Å². The van der Waals surface area contributed by atoms with Crippen molar-refractivity contribution in [2.45, 2.75) is 0 Å². The third-order valence-electron chi connectivity index (χ3n) is 2.61. The highest BCUT2D eigenvalue weighted by atomic mass is 15.1. The highest BCUT2D eigenvalue weighted by molar-refractivity contribution is 5.81. The van der Waals surface area contributed by atoms with Crippen LogP contribution in [0.4, 0.5) is 0 Å². The third-order valence-corrected chi connectivity index (χ3v) is 2.61. The molecule has 2 heterocycles. The number of rotatable bonds is 1. The van der Waals surface area contributed by atoms with Crippen LogP contribution in [0.25, 0.3) is 16.7 Å². The molecule has 3 aromatic rings. The van der Waals surface area contributed by atoms with E-state index >= 15 is 0 Å². The Morgan fingerprint density at radius 3 is 2.65 bits per heavy atom. The van der Waals surface area contributed by atoms with Crippen LogP contribution in [0.5, 0.6) is 0 Å². The van der Waals surface area contributed by atoms with E-state index in [-0.39, 0.29) is 0 Å². The molecule has 0 fully saturated rings. The minimum atomic E-state index is 0.359. The lowest BCUT2D eigenvalue weighted by molar-refractivity contribution is 1.09. The lowest BCUT2D eigenvalue weighted by Crippen LogP contribution is -1.91. The number of para-hydroxylation sites is 1. The Morgan fingerprint density at radius 2 is 1.88 bits per heavy atom. The van der Waals surface area contributed by atoms with E-state index in [4.69, 9.17) is 5.26 Å². The predicted octanol–water partition coefficient (Wildman–Crippen LogP) is 2.29. The summed E-state index contributed by atoms with van der Waals surface area (Å²) < 4.78 is 1.94. The molecule has 0 spiro atoms. The third kappa shape index (κ3) is 1.45. The number of fused-ring (bicyclic) bond motifs is 1. The quantitative estimate of drug-likeness (QED) is 0.632. The number of pyridine rings is 1. The number of aromatic nitrogens is 3. The summed E-state index contributed by atoms with van der Waals surface area (Å²) in [4.78, 5) is 8.24. The summed E-state index contributed by atoms with van der Waals surface area (Å²) in [5.41, 5.74) is 2.91. The standard InChI is InChI=1S/C13H8N4/c14-8-11-13-12(6-7-15-11)17(9-16-13)10-4-2-1-3-5-10/h1-7,9H. The lowest BCUT2D eigenvalue weighted by Gasteiger charge is -2.02. The van der Waals surface area contributed by atoms with Crippen molar-refractivity contribution in [1.29, 1.82) is 5.26 Å². The molecule has 0 radical (unpaired) electrons. The smallest absolute Gasteiger partial charge is 0.168 e. The highest BCUT2D eigenvalue weighted by Gasteiger charge is 2.08. The van der Waals surface area contributed by atoms with Gasteiger partial charge in [0.1, 0.15) is 17.9 Å². The topological polar surface area (TPSA) is 54.5 Å². The van der Waals surface area contributed by atoms with Crippen molar-refractivity contribution in [3.63, 3.8) is 0 Å². The van der Waals surface area contributed by atoms with Crippen molar-refractivity contribution in [1.82, 2.24) is 14.5 Å². The number of hydrogen-bond donors (Lipinski definition) is 0. The highest BCUT2D eigenvalue weighted by Crippen LogP contribution is 2.18. The van der Waals surface area contributed by atoms with Crippen LogP contribution in [-0.2, 0) is 0 Å². The normalized spacial score (nSPS) is 10.3. The van der Waals surface area contributed by atoms with E-state index in [1.165, 1.54) is 0 Å². The molecule has 17 heavy (non-hydrogen) atoms. The Morgan fingerprint density at radius 1 is 1.06 bits per heavy atom. The molecule has 0 amide bonds. The van der Waals surface area contributed by atoms with Crippen LogP contribution < -0.4 is 0 Å². The van der Waals surface area contributed by atoms with Gasteiger partial charge in [0.15, 0.2) is 5.69 Å². The van der Waals surface area contributed by atoms with Crippen molar-refractivity contribution in [2.75, 3.05) is 0 Å². The van der Waals surface area contributed by atoms with Crippen molar-refractivity contribution in [2.24, 2.45) is 0 Å². The first kappa shape index (κ1) is 9.55. The fourth-order valence-corrected chi connectivity index (χ4v) is 1.82. The summed E-state index contributed by atoms with van der Waals surface area (Å²) >= 11 is 0. The van der Waals surface area contributed by atoms with Crippen LogP contribution in [0.2, 0.25) is 0 Å². The van der Waals surface area contributed by atoms with E-state index in [1.807, 2.05) is 47.0 Å². The van der Waals surface area contributed by atoms with Gasteiger partial charge in [-0.2, -0.15) is 5.26 Å². The molecule has 0 aliphatic heterocycles. The first-order chi connectivity index (χ1) is 8.40. The molecule has 80 valence electrons. The summed E-state index contributed by atoms with van der Waals surface area (Å²) in [6.45, 7) is 0. The van der Waals surface area contributed by atoms with Crippen molar-refractivity contribution in [3.8, 4) is 11.8 Å². The molecular weight excluding hydrogens is 212 g/mol.